The highest BCUT2D eigenvalue weighted by atomic mass is 32.2. The van der Waals surface area contributed by atoms with Gasteiger partial charge < -0.3 is 46.3 Å². The Bertz CT molecular complexity index is 1920. The van der Waals surface area contributed by atoms with Gasteiger partial charge in [0.2, 0.25) is 36.8 Å². The third kappa shape index (κ3) is 8.67. The Morgan fingerprint density at radius 2 is 1.77 bits per heavy atom. The molecule has 4 rings (SSSR count). The first-order valence-electron chi connectivity index (χ1n) is 14.3. The third-order valence-electron chi connectivity index (χ3n) is 6.29. The lowest BCUT2D eigenvalue weighted by Crippen LogP contribution is -2.86. The predicted octanol–water partition coefficient (Wildman–Crippen LogP) is -0.918. The molecule has 4 amide bonds. The van der Waals surface area contributed by atoms with E-state index in [1.165, 1.54) is 11.5 Å². The summed E-state index contributed by atoms with van der Waals surface area (Å²) in [6.45, 7) is 6.63. The van der Waals surface area contributed by atoms with Crippen molar-refractivity contribution in [2.45, 2.75) is 37.4 Å². The summed E-state index contributed by atoms with van der Waals surface area (Å²) in [6, 6.07) is 0. The second-order valence-electron chi connectivity index (χ2n) is 11.1. The minimum absolute atomic E-state index is 0.0137. The van der Waals surface area contributed by atoms with E-state index in [4.69, 9.17) is 25.3 Å². The number of aromatic nitrogens is 3. The number of carboxylic acid groups (broad SMARTS) is 2. The van der Waals surface area contributed by atoms with E-state index in [-0.39, 0.29) is 27.3 Å². The number of allylic oxidation sites excluding steroid dienone is 1. The molecule has 0 radical (unpaired) electrons. The van der Waals surface area contributed by atoms with Crippen LogP contribution in [0, 0.1) is 0 Å². The first-order chi connectivity index (χ1) is 24.5. The normalized spacial score (nSPS) is 18.7. The Balaban J connectivity index is 1.77. The summed E-state index contributed by atoms with van der Waals surface area (Å²) in [4.78, 5) is 107. The van der Waals surface area contributed by atoms with Crippen LogP contribution in [0.4, 0.5) is 10.3 Å². The molecule has 2 aromatic rings. The Labute approximate surface area is 304 Å². The average molecular weight is 781 g/mol. The van der Waals surface area contributed by atoms with Gasteiger partial charge in [-0.05, 0) is 26.3 Å². The van der Waals surface area contributed by atoms with Crippen molar-refractivity contribution in [3.63, 3.8) is 0 Å². The van der Waals surface area contributed by atoms with E-state index in [1.54, 1.807) is 20.8 Å². The Morgan fingerprint density at radius 1 is 1.12 bits per heavy atom. The molecule has 2 aliphatic heterocycles. The summed E-state index contributed by atoms with van der Waals surface area (Å²) in [6.07, 6.45) is 1.56. The van der Waals surface area contributed by atoms with Crippen LogP contribution in [0.5, 0.6) is 0 Å². The molecule has 4 heterocycles. The van der Waals surface area contributed by atoms with Crippen LogP contribution in [-0.4, -0.2) is 119 Å². The van der Waals surface area contributed by atoms with Crippen molar-refractivity contribution in [2.24, 2.45) is 10.3 Å². The number of hydrogen-bond donors (Lipinski definition) is 6. The molecule has 2 aromatic heterocycles. The maximum absolute atomic E-state index is 14.1. The van der Waals surface area contributed by atoms with Gasteiger partial charge in [0.05, 0.1) is 0 Å². The first kappa shape index (κ1) is 38.8. The van der Waals surface area contributed by atoms with Crippen LogP contribution in [0.25, 0.3) is 0 Å². The highest BCUT2D eigenvalue weighted by Crippen LogP contribution is 2.45. The van der Waals surface area contributed by atoms with Crippen LogP contribution in [-0.2, 0) is 48.0 Å². The zero-order valence-corrected chi connectivity index (χ0v) is 29.5. The predicted molar refractivity (Wildman–Crippen MR) is 182 cm³/mol. The quantitative estimate of drug-likeness (QED) is 0.0300. The van der Waals surface area contributed by atoms with Crippen molar-refractivity contribution < 1.29 is 58.2 Å². The van der Waals surface area contributed by atoms with E-state index in [0.717, 1.165) is 28.0 Å². The Kier molecular flexibility index (Phi) is 11.9. The number of carbonyl (C=O) groups is 7. The van der Waals surface area contributed by atoms with Crippen molar-refractivity contribution in [1.29, 1.82) is 0 Å². The maximum Gasteiger partial charge on any atom is 0.352 e. The number of anilines is 2. The number of ether oxygens (including phenoxy) is 1. The fourth-order valence-electron chi connectivity index (χ4n) is 4.37. The number of fused-ring (bicyclic) bond motifs is 1. The summed E-state index contributed by atoms with van der Waals surface area (Å²) in [7, 11) is 0. The first-order valence-corrected chi connectivity index (χ1v) is 17.0. The number of β-lactam (4-membered cyclic amide) rings is 1. The van der Waals surface area contributed by atoms with Crippen LogP contribution in [0.2, 0.25) is 0 Å². The minimum atomic E-state index is -2.48. The third-order valence-corrected chi connectivity index (χ3v) is 8.96. The van der Waals surface area contributed by atoms with Gasteiger partial charge in [-0.1, -0.05) is 23.0 Å². The molecular formula is C27H28N10O12S3. The number of thiazole rings is 1. The molecule has 0 aliphatic carbocycles. The number of carboxylic acids is 2. The van der Waals surface area contributed by atoms with Crippen LogP contribution >= 0.6 is 34.6 Å². The van der Waals surface area contributed by atoms with Gasteiger partial charge in [0.25, 0.3) is 17.7 Å². The number of thioether (sulfide) groups is 1. The van der Waals surface area contributed by atoms with Gasteiger partial charge in [0.15, 0.2) is 16.0 Å². The summed E-state index contributed by atoms with van der Waals surface area (Å²) in [5, 5.41) is 33.0. The van der Waals surface area contributed by atoms with E-state index in [1.807, 2.05) is 0 Å². The molecular weight excluding hydrogens is 753 g/mol. The molecule has 0 bridgehead atoms. The zero-order valence-electron chi connectivity index (χ0n) is 27.1. The fourth-order valence-corrected chi connectivity index (χ4v) is 6.87. The van der Waals surface area contributed by atoms with Crippen LogP contribution in [0.1, 0.15) is 32.3 Å². The highest BCUT2D eigenvalue weighted by Gasteiger charge is 2.67. The number of hydrogen-bond acceptors (Lipinski definition) is 19. The molecule has 276 valence electrons. The van der Waals surface area contributed by atoms with Gasteiger partial charge in [-0.2, -0.15) is 9.36 Å². The SMILES string of the molecule is C=CC1=C(C(=O)O)N2C(=O)C(NC(=O)C(=NOCC(=O)OC(C)(C)C)c3csc(NC=O)n3)(NC(=O)C(=NOCC(=O)O)c3nsc(N)n3)[C@@H]2SC1. The number of nitrogens with zero attached hydrogens (tertiary/aromatic N) is 6. The molecule has 0 spiro atoms. The molecule has 52 heavy (non-hydrogen) atoms. The number of nitrogen functional groups attached to an aromatic ring is 1. The topological polar surface area (TPSA) is 316 Å². The van der Waals surface area contributed by atoms with Crippen LogP contribution in [0.15, 0.2) is 39.6 Å². The molecule has 0 aromatic carbocycles. The highest BCUT2D eigenvalue weighted by molar-refractivity contribution is 8.00. The Morgan fingerprint density at radius 3 is 2.35 bits per heavy atom. The van der Waals surface area contributed by atoms with Gasteiger partial charge >= 0.3 is 17.9 Å². The van der Waals surface area contributed by atoms with E-state index in [2.05, 4.69) is 47.2 Å². The summed E-state index contributed by atoms with van der Waals surface area (Å²) < 4.78 is 9.04. The Hall–Kier alpha value is -5.95. The van der Waals surface area contributed by atoms with Crippen molar-refractivity contribution in [1.82, 2.24) is 29.9 Å². The standard InChI is InChI=1S/C27H28N10O12S3/c1-5-11-8-50-23-27(22(46)37(23)17(11)21(44)45,33-20(43)16(35-47-6-13(39)40)18-31-24(28)52-36-18)32-19(42)15(12-9-51-25(30-12)29-10-38)34-48-7-14(41)49-26(2,3)4/h5,9-10,23H,1,6-8H2,2-4H3,(H,32,42)(H,33,43)(H,39,40)(H,44,45)(H2,28,31,36)(H,29,30,38)/t23-,27?/m0/s1. The number of rotatable bonds is 16. The molecule has 0 saturated carbocycles. The van der Waals surface area contributed by atoms with E-state index in [9.17, 15) is 38.7 Å². The lowest BCUT2D eigenvalue weighted by Gasteiger charge is -2.56. The summed E-state index contributed by atoms with van der Waals surface area (Å²) in [5.41, 5.74) is 0.324. The number of amides is 4. The number of carbonyl (C=O) groups excluding carboxylic acids is 5. The van der Waals surface area contributed by atoms with Crippen LogP contribution < -0.4 is 21.7 Å². The molecule has 2 atom stereocenters. The maximum atomic E-state index is 14.1. The number of esters is 1. The van der Waals surface area contributed by atoms with Crippen LogP contribution in [0.3, 0.4) is 0 Å². The van der Waals surface area contributed by atoms with E-state index >= 15 is 0 Å². The average Bonchev–Trinajstić information content (AvgIpc) is 3.71. The molecule has 22 nitrogen and oxygen atoms in total. The second-order valence-corrected chi connectivity index (χ2v) is 13.8. The lowest BCUT2D eigenvalue weighted by molar-refractivity contribution is -0.162. The molecule has 2 aliphatic rings. The number of nitrogens with two attached hydrogens (primary N) is 1. The van der Waals surface area contributed by atoms with Gasteiger partial charge in [0.1, 0.15) is 22.4 Å². The second kappa shape index (κ2) is 15.9. The fraction of sp³-hybridized carbons (Fsp3) is 0.333. The molecule has 1 unspecified atom stereocenters. The smallest absolute Gasteiger partial charge is 0.352 e. The van der Waals surface area contributed by atoms with E-state index in [0.29, 0.717) is 17.9 Å². The van der Waals surface area contributed by atoms with Crippen molar-refractivity contribution in [3.8, 4) is 0 Å². The monoisotopic (exact) mass is 780 g/mol. The number of aliphatic carboxylic acids is 2. The molecule has 25 heteroatoms. The zero-order chi connectivity index (χ0) is 38.4. The van der Waals surface area contributed by atoms with Crippen molar-refractivity contribution in [3.05, 3.63) is 40.8 Å². The minimum Gasteiger partial charge on any atom is -0.479 e. The lowest BCUT2D eigenvalue weighted by atomic mass is 9.93. The van der Waals surface area contributed by atoms with E-state index < -0.39 is 88.4 Å². The van der Waals surface area contributed by atoms with Crippen molar-refractivity contribution in [2.75, 3.05) is 30.0 Å². The van der Waals surface area contributed by atoms with Gasteiger partial charge in [-0.15, -0.1) is 23.1 Å². The molecule has 1 saturated heterocycles. The summed E-state index contributed by atoms with van der Waals surface area (Å²) >= 11 is 2.44. The molecule has 7 N–H and O–H groups in total. The summed E-state index contributed by atoms with van der Waals surface area (Å²) in [5.74, 6) is -8.01. The van der Waals surface area contributed by atoms with Gasteiger partial charge in [0, 0.05) is 22.7 Å². The molecule has 1 fully saturated rings. The van der Waals surface area contributed by atoms with Crippen molar-refractivity contribution >= 4 is 98.4 Å². The number of nitrogens with one attached hydrogen (secondary N) is 3. The largest absolute Gasteiger partial charge is 0.479 e. The van der Waals surface area contributed by atoms with Gasteiger partial charge in [-0.3, -0.25) is 24.1 Å². The van der Waals surface area contributed by atoms with Gasteiger partial charge in [-0.25, -0.2) is 19.4 Å². The number of oxime groups is 2.